The Balaban J connectivity index is 1.54. The fourth-order valence-corrected chi connectivity index (χ4v) is 3.65. The van der Waals surface area contributed by atoms with Crippen LogP contribution in [0, 0.1) is 6.92 Å². The van der Waals surface area contributed by atoms with Crippen LogP contribution in [-0.4, -0.2) is 29.7 Å². The van der Waals surface area contributed by atoms with Crippen LogP contribution < -0.4 is 10.1 Å². The van der Waals surface area contributed by atoms with Gasteiger partial charge in [-0.15, -0.1) is 0 Å². The van der Waals surface area contributed by atoms with Crippen molar-refractivity contribution in [3.63, 3.8) is 0 Å². The molecular weight excluding hydrogens is 416 g/mol. The van der Waals surface area contributed by atoms with Crippen LogP contribution in [0.25, 0.3) is 0 Å². The maximum absolute atomic E-state index is 12.8. The van der Waals surface area contributed by atoms with Crippen LogP contribution in [0.5, 0.6) is 5.75 Å². The van der Waals surface area contributed by atoms with Crippen LogP contribution >= 0.6 is 11.6 Å². The summed E-state index contributed by atoms with van der Waals surface area (Å²) in [4.78, 5) is 39.2. The second-order valence-electron chi connectivity index (χ2n) is 7.20. The van der Waals surface area contributed by atoms with Crippen molar-refractivity contribution in [3.05, 3.63) is 93.5 Å². The quantitative estimate of drug-likeness (QED) is 0.590. The molecule has 7 heteroatoms. The summed E-state index contributed by atoms with van der Waals surface area (Å²) >= 11 is 6.12. The van der Waals surface area contributed by atoms with Crippen molar-refractivity contribution in [3.8, 4) is 5.75 Å². The number of carbonyl (C=O) groups is 3. The minimum Gasteiger partial charge on any atom is -0.495 e. The third kappa shape index (κ3) is 3.90. The van der Waals surface area contributed by atoms with Gasteiger partial charge in [0.15, 0.2) is 0 Å². The van der Waals surface area contributed by atoms with Gasteiger partial charge in [0, 0.05) is 16.7 Å². The zero-order valence-electron chi connectivity index (χ0n) is 16.9. The Kier molecular flexibility index (Phi) is 5.48. The molecule has 0 saturated heterocycles. The van der Waals surface area contributed by atoms with Crippen molar-refractivity contribution in [2.24, 2.45) is 0 Å². The van der Waals surface area contributed by atoms with Gasteiger partial charge in [0.25, 0.3) is 17.7 Å². The fourth-order valence-electron chi connectivity index (χ4n) is 3.50. The summed E-state index contributed by atoms with van der Waals surface area (Å²) in [5.74, 6) is -0.566. The van der Waals surface area contributed by atoms with Crippen LogP contribution in [-0.2, 0) is 6.54 Å². The number of anilines is 1. The van der Waals surface area contributed by atoms with Gasteiger partial charge < -0.3 is 10.1 Å². The first-order valence-corrected chi connectivity index (χ1v) is 9.96. The number of halogens is 1. The molecule has 0 atom stereocenters. The van der Waals surface area contributed by atoms with Crippen LogP contribution in [0.2, 0.25) is 5.02 Å². The minimum atomic E-state index is -0.343. The van der Waals surface area contributed by atoms with Gasteiger partial charge >= 0.3 is 0 Å². The smallest absolute Gasteiger partial charge is 0.261 e. The summed E-state index contributed by atoms with van der Waals surface area (Å²) in [6.45, 7) is 1.91. The van der Waals surface area contributed by atoms with E-state index in [-0.39, 0.29) is 24.3 Å². The molecule has 1 heterocycles. The van der Waals surface area contributed by atoms with E-state index >= 15 is 0 Å². The zero-order chi connectivity index (χ0) is 22.1. The lowest BCUT2D eigenvalue weighted by Crippen LogP contribution is -2.29. The monoisotopic (exact) mass is 434 g/mol. The summed E-state index contributed by atoms with van der Waals surface area (Å²) < 4.78 is 5.30. The number of rotatable bonds is 5. The van der Waals surface area contributed by atoms with E-state index < -0.39 is 0 Å². The Morgan fingerprint density at radius 2 is 1.68 bits per heavy atom. The highest BCUT2D eigenvalue weighted by Gasteiger charge is 2.35. The number of hydrogen-bond acceptors (Lipinski definition) is 4. The predicted octanol–water partition coefficient (Wildman–Crippen LogP) is 4.71. The Hall–Kier alpha value is -3.64. The molecule has 156 valence electrons. The Labute approximate surface area is 184 Å². The summed E-state index contributed by atoms with van der Waals surface area (Å²) in [6, 6.07) is 16.9. The standard InChI is InChI=1S/C24H19ClN2O4/c1-14-10-20(21(31-2)12-19(14)25)26-22(28)16-7-5-6-15(11-16)13-27-23(29)17-8-3-4-9-18(17)24(27)30/h3-12H,13H2,1-2H3,(H,26,28). The molecule has 1 aliphatic rings. The van der Waals surface area contributed by atoms with Crippen molar-refractivity contribution in [2.45, 2.75) is 13.5 Å². The number of imide groups is 1. The maximum Gasteiger partial charge on any atom is 0.261 e. The van der Waals surface area contributed by atoms with Gasteiger partial charge in [-0.2, -0.15) is 0 Å². The number of carbonyl (C=O) groups excluding carboxylic acids is 3. The van der Waals surface area contributed by atoms with Gasteiger partial charge in [-0.05, 0) is 48.4 Å². The number of nitrogens with one attached hydrogen (secondary N) is 1. The number of hydrogen-bond donors (Lipinski definition) is 1. The third-order valence-electron chi connectivity index (χ3n) is 5.14. The highest BCUT2D eigenvalue weighted by Crippen LogP contribution is 2.31. The number of methoxy groups -OCH3 is 1. The van der Waals surface area contributed by atoms with Crippen LogP contribution in [0.1, 0.15) is 42.2 Å². The van der Waals surface area contributed by atoms with Gasteiger partial charge in [0.2, 0.25) is 0 Å². The largest absolute Gasteiger partial charge is 0.495 e. The molecule has 3 aromatic carbocycles. The zero-order valence-corrected chi connectivity index (χ0v) is 17.7. The molecule has 3 aromatic rings. The van der Waals surface area contributed by atoms with E-state index in [9.17, 15) is 14.4 Å². The molecule has 0 bridgehead atoms. The minimum absolute atomic E-state index is 0.0802. The first-order valence-electron chi connectivity index (χ1n) is 9.58. The lowest BCUT2D eigenvalue weighted by molar-refractivity contribution is 0.0642. The van der Waals surface area contributed by atoms with Gasteiger partial charge in [-0.3, -0.25) is 19.3 Å². The number of aryl methyl sites for hydroxylation is 1. The molecular formula is C24H19ClN2O4. The SMILES string of the molecule is COc1cc(Cl)c(C)cc1NC(=O)c1cccc(CN2C(=O)c3ccccc3C2=O)c1. The molecule has 0 aromatic heterocycles. The van der Waals surface area contributed by atoms with Gasteiger partial charge in [-0.1, -0.05) is 35.9 Å². The van der Waals surface area contributed by atoms with Crippen LogP contribution in [0.3, 0.4) is 0 Å². The number of benzene rings is 3. The van der Waals surface area contributed by atoms with Crippen LogP contribution in [0.15, 0.2) is 60.7 Å². The topological polar surface area (TPSA) is 75.7 Å². The molecule has 0 saturated carbocycles. The second-order valence-corrected chi connectivity index (χ2v) is 7.61. The highest BCUT2D eigenvalue weighted by molar-refractivity contribution is 6.31. The molecule has 0 radical (unpaired) electrons. The molecule has 6 nitrogen and oxygen atoms in total. The van der Waals surface area contributed by atoms with E-state index in [1.165, 1.54) is 12.0 Å². The Morgan fingerprint density at radius 3 is 2.32 bits per heavy atom. The normalized spacial score (nSPS) is 12.7. The second kappa shape index (κ2) is 8.24. The van der Waals surface area contributed by atoms with E-state index in [1.807, 2.05) is 6.92 Å². The maximum atomic E-state index is 12.8. The predicted molar refractivity (Wildman–Crippen MR) is 118 cm³/mol. The average molecular weight is 435 g/mol. The van der Waals surface area contributed by atoms with E-state index in [0.29, 0.717) is 38.7 Å². The number of nitrogens with zero attached hydrogens (tertiary/aromatic N) is 1. The summed E-state index contributed by atoms with van der Waals surface area (Å²) in [5, 5.41) is 3.37. The molecule has 4 rings (SSSR count). The molecule has 31 heavy (non-hydrogen) atoms. The number of amides is 3. The highest BCUT2D eigenvalue weighted by atomic mass is 35.5. The average Bonchev–Trinajstić information content (AvgIpc) is 3.01. The molecule has 1 aliphatic heterocycles. The van der Waals surface area contributed by atoms with E-state index in [2.05, 4.69) is 5.32 Å². The van der Waals surface area contributed by atoms with E-state index in [0.717, 1.165) is 5.56 Å². The van der Waals surface area contributed by atoms with Gasteiger partial charge in [-0.25, -0.2) is 0 Å². The van der Waals surface area contributed by atoms with Gasteiger partial charge in [0.1, 0.15) is 5.75 Å². The Morgan fingerprint density at radius 1 is 1.00 bits per heavy atom. The lowest BCUT2D eigenvalue weighted by atomic mass is 10.1. The summed E-state index contributed by atoms with van der Waals surface area (Å²) in [6.07, 6.45) is 0. The number of ether oxygens (including phenoxy) is 1. The van der Waals surface area contributed by atoms with Crippen LogP contribution in [0.4, 0.5) is 5.69 Å². The van der Waals surface area contributed by atoms with Crippen molar-refractivity contribution in [2.75, 3.05) is 12.4 Å². The molecule has 0 aliphatic carbocycles. The van der Waals surface area contributed by atoms with E-state index in [4.69, 9.17) is 16.3 Å². The fraction of sp³-hybridized carbons (Fsp3) is 0.125. The third-order valence-corrected chi connectivity index (χ3v) is 5.54. The number of fused-ring (bicyclic) bond motifs is 1. The molecule has 1 N–H and O–H groups in total. The molecule has 3 amide bonds. The summed E-state index contributed by atoms with van der Waals surface area (Å²) in [5.41, 5.74) is 3.15. The lowest BCUT2D eigenvalue weighted by Gasteiger charge is -2.15. The van der Waals surface area contributed by atoms with Crippen molar-refractivity contribution in [1.29, 1.82) is 0 Å². The molecule has 0 unspecified atom stereocenters. The first kappa shape index (κ1) is 20.6. The van der Waals surface area contributed by atoms with Crippen molar-refractivity contribution in [1.82, 2.24) is 4.90 Å². The Bertz CT molecular complexity index is 1190. The molecule has 0 fully saturated rings. The van der Waals surface area contributed by atoms with Crippen molar-refractivity contribution < 1.29 is 19.1 Å². The molecule has 0 spiro atoms. The van der Waals surface area contributed by atoms with Gasteiger partial charge in [0.05, 0.1) is 30.5 Å². The first-order chi connectivity index (χ1) is 14.9. The van der Waals surface area contributed by atoms with Crippen molar-refractivity contribution >= 4 is 35.0 Å². The summed E-state index contributed by atoms with van der Waals surface area (Å²) in [7, 11) is 1.50. The van der Waals surface area contributed by atoms with E-state index in [1.54, 1.807) is 60.7 Å².